The summed E-state index contributed by atoms with van der Waals surface area (Å²) >= 11 is 3.35. The average molecular weight is 369 g/mol. The second-order valence-corrected chi connectivity index (χ2v) is 6.99. The fourth-order valence-corrected chi connectivity index (χ4v) is 3.02. The number of rotatable bonds is 4. The molecule has 0 aliphatic carbocycles. The molecule has 0 saturated carbocycles. The molecule has 0 bridgehead atoms. The average Bonchev–Trinajstić information content (AvgIpc) is 2.43. The normalized spacial score (nSPS) is 11.1. The minimum absolute atomic E-state index is 0.0630. The molecule has 0 unspecified atom stereocenters. The lowest BCUT2D eigenvalue weighted by molar-refractivity contribution is 0.1000. The lowest BCUT2D eigenvalue weighted by atomic mass is 10.2. The van der Waals surface area contributed by atoms with Crippen molar-refractivity contribution in [1.29, 1.82) is 0 Å². The van der Waals surface area contributed by atoms with Crippen molar-refractivity contribution in [1.82, 2.24) is 0 Å². The van der Waals surface area contributed by atoms with Crippen LogP contribution in [-0.2, 0) is 10.0 Å². The fraction of sp³-hybridized carbons (Fsp3) is 0.0714. The van der Waals surface area contributed by atoms with Crippen molar-refractivity contribution in [2.45, 2.75) is 11.8 Å². The van der Waals surface area contributed by atoms with Gasteiger partial charge in [0, 0.05) is 15.7 Å². The van der Waals surface area contributed by atoms with Crippen molar-refractivity contribution in [2.75, 3.05) is 4.72 Å². The second kappa shape index (κ2) is 5.87. The molecule has 0 aliphatic heterocycles. The van der Waals surface area contributed by atoms with Crippen LogP contribution in [0.25, 0.3) is 0 Å². The minimum atomic E-state index is -3.70. The van der Waals surface area contributed by atoms with Gasteiger partial charge in [-0.15, -0.1) is 0 Å². The molecule has 21 heavy (non-hydrogen) atoms. The van der Waals surface area contributed by atoms with E-state index in [4.69, 9.17) is 5.73 Å². The highest BCUT2D eigenvalue weighted by Crippen LogP contribution is 2.22. The molecule has 110 valence electrons. The summed E-state index contributed by atoms with van der Waals surface area (Å²) in [7, 11) is -3.70. The topological polar surface area (TPSA) is 89.3 Å². The van der Waals surface area contributed by atoms with Gasteiger partial charge in [0.2, 0.25) is 5.91 Å². The molecule has 2 rings (SSSR count). The van der Waals surface area contributed by atoms with Crippen LogP contribution in [0.1, 0.15) is 15.9 Å². The summed E-state index contributed by atoms with van der Waals surface area (Å²) in [5, 5.41) is 0. The molecule has 0 atom stereocenters. The maximum atomic E-state index is 12.2. The smallest absolute Gasteiger partial charge is 0.261 e. The van der Waals surface area contributed by atoms with Crippen LogP contribution in [0.15, 0.2) is 51.8 Å². The van der Waals surface area contributed by atoms with Crippen LogP contribution in [0.2, 0.25) is 0 Å². The van der Waals surface area contributed by atoms with Crippen LogP contribution in [0.3, 0.4) is 0 Å². The molecule has 0 radical (unpaired) electrons. The first-order chi connectivity index (χ1) is 9.79. The summed E-state index contributed by atoms with van der Waals surface area (Å²) in [5.41, 5.74) is 6.76. The van der Waals surface area contributed by atoms with Crippen LogP contribution in [0.5, 0.6) is 0 Å². The zero-order chi connectivity index (χ0) is 15.6. The zero-order valence-electron chi connectivity index (χ0n) is 11.1. The summed E-state index contributed by atoms with van der Waals surface area (Å²) in [6, 6.07) is 10.6. The molecule has 2 aromatic rings. The van der Waals surface area contributed by atoms with Gasteiger partial charge in [-0.3, -0.25) is 9.52 Å². The number of benzene rings is 2. The Hall–Kier alpha value is -1.86. The van der Waals surface area contributed by atoms with Crippen molar-refractivity contribution in [3.63, 3.8) is 0 Å². The Labute approximate surface area is 131 Å². The van der Waals surface area contributed by atoms with Gasteiger partial charge in [0.25, 0.3) is 10.0 Å². The highest BCUT2D eigenvalue weighted by atomic mass is 79.9. The maximum absolute atomic E-state index is 12.2. The van der Waals surface area contributed by atoms with Crippen LogP contribution in [0.4, 0.5) is 5.69 Å². The monoisotopic (exact) mass is 368 g/mol. The van der Waals surface area contributed by atoms with Gasteiger partial charge in [-0.05, 0) is 55.0 Å². The number of amides is 1. The van der Waals surface area contributed by atoms with Gasteiger partial charge in [-0.1, -0.05) is 15.9 Å². The molecule has 5 nitrogen and oxygen atoms in total. The highest BCUT2D eigenvalue weighted by molar-refractivity contribution is 9.10. The van der Waals surface area contributed by atoms with Gasteiger partial charge in [-0.2, -0.15) is 0 Å². The summed E-state index contributed by atoms with van der Waals surface area (Å²) in [5.74, 6) is -0.601. The number of aryl methyl sites for hydroxylation is 1. The van der Waals surface area contributed by atoms with Crippen LogP contribution in [0, 0.1) is 6.92 Å². The van der Waals surface area contributed by atoms with Gasteiger partial charge in [0.1, 0.15) is 0 Å². The third kappa shape index (κ3) is 3.62. The molecule has 0 aromatic heterocycles. The van der Waals surface area contributed by atoms with Gasteiger partial charge in [0.05, 0.1) is 4.90 Å². The third-order valence-corrected chi connectivity index (χ3v) is 5.15. The first-order valence-corrected chi connectivity index (χ1v) is 8.26. The number of carbonyl (C=O) groups is 1. The lowest BCUT2D eigenvalue weighted by Gasteiger charge is -2.09. The van der Waals surface area contributed by atoms with Gasteiger partial charge in [-0.25, -0.2) is 8.42 Å². The number of carbonyl (C=O) groups excluding carboxylic acids is 1. The quantitative estimate of drug-likeness (QED) is 0.868. The van der Waals surface area contributed by atoms with E-state index < -0.39 is 15.9 Å². The van der Waals surface area contributed by atoms with Crippen LogP contribution < -0.4 is 10.5 Å². The summed E-state index contributed by atoms with van der Waals surface area (Å²) in [4.78, 5) is 11.0. The Morgan fingerprint density at radius 1 is 1.14 bits per heavy atom. The molecular weight excluding hydrogens is 356 g/mol. The first kappa shape index (κ1) is 15.5. The standard InChI is InChI=1S/C14H13BrN2O3S/c1-9-8-11(4-7-13(9)15)17-21(19,20)12-5-2-10(3-6-12)14(16)18/h2-8,17H,1H3,(H2,16,18). The molecule has 0 saturated heterocycles. The summed E-state index contributed by atoms with van der Waals surface area (Å²) in [6.45, 7) is 1.86. The SMILES string of the molecule is Cc1cc(NS(=O)(=O)c2ccc(C(N)=O)cc2)ccc1Br. The molecule has 0 spiro atoms. The molecule has 7 heteroatoms. The molecule has 3 N–H and O–H groups in total. The minimum Gasteiger partial charge on any atom is -0.366 e. The van der Waals surface area contributed by atoms with E-state index in [1.165, 1.54) is 24.3 Å². The molecule has 0 heterocycles. The van der Waals surface area contributed by atoms with Crippen molar-refractivity contribution in [2.24, 2.45) is 5.73 Å². The van der Waals surface area contributed by atoms with E-state index in [1.807, 2.05) is 6.92 Å². The summed E-state index contributed by atoms with van der Waals surface area (Å²) < 4.78 is 27.9. The van der Waals surface area contributed by atoms with E-state index in [-0.39, 0.29) is 10.5 Å². The molecular formula is C14H13BrN2O3S. The van der Waals surface area contributed by atoms with E-state index in [2.05, 4.69) is 20.7 Å². The van der Waals surface area contributed by atoms with Crippen molar-refractivity contribution in [3.05, 3.63) is 58.1 Å². The van der Waals surface area contributed by atoms with Gasteiger partial charge < -0.3 is 5.73 Å². The number of hydrogen-bond acceptors (Lipinski definition) is 3. The molecule has 2 aromatic carbocycles. The number of primary amides is 1. The maximum Gasteiger partial charge on any atom is 0.261 e. The van der Waals surface area contributed by atoms with Gasteiger partial charge in [0.15, 0.2) is 0 Å². The first-order valence-electron chi connectivity index (χ1n) is 5.98. The Morgan fingerprint density at radius 2 is 1.76 bits per heavy atom. The van der Waals surface area contributed by atoms with Crippen molar-refractivity contribution in [3.8, 4) is 0 Å². The highest BCUT2D eigenvalue weighted by Gasteiger charge is 2.15. The lowest BCUT2D eigenvalue weighted by Crippen LogP contribution is -2.14. The Kier molecular flexibility index (Phi) is 4.34. The number of nitrogens with two attached hydrogens (primary N) is 1. The van der Waals surface area contributed by atoms with Crippen molar-refractivity contribution < 1.29 is 13.2 Å². The van der Waals surface area contributed by atoms with E-state index in [1.54, 1.807) is 18.2 Å². The number of halogens is 1. The van der Waals surface area contributed by atoms with E-state index in [9.17, 15) is 13.2 Å². The van der Waals surface area contributed by atoms with Gasteiger partial charge >= 0.3 is 0 Å². The molecule has 0 aliphatic rings. The zero-order valence-corrected chi connectivity index (χ0v) is 13.5. The Bertz CT molecular complexity index is 786. The van der Waals surface area contributed by atoms with E-state index in [0.29, 0.717) is 5.69 Å². The molecule has 0 fully saturated rings. The predicted molar refractivity (Wildman–Crippen MR) is 84.6 cm³/mol. The Morgan fingerprint density at radius 3 is 2.29 bits per heavy atom. The van der Waals surface area contributed by atoms with E-state index in [0.717, 1.165) is 10.0 Å². The van der Waals surface area contributed by atoms with Crippen LogP contribution in [-0.4, -0.2) is 14.3 Å². The second-order valence-electron chi connectivity index (χ2n) is 4.46. The molecule has 1 amide bonds. The Balaban J connectivity index is 2.29. The predicted octanol–water partition coefficient (Wildman–Crippen LogP) is 2.66. The number of nitrogens with one attached hydrogen (secondary N) is 1. The fourth-order valence-electron chi connectivity index (χ4n) is 1.72. The van der Waals surface area contributed by atoms with Crippen molar-refractivity contribution >= 4 is 37.5 Å². The number of sulfonamides is 1. The largest absolute Gasteiger partial charge is 0.366 e. The number of anilines is 1. The third-order valence-electron chi connectivity index (χ3n) is 2.86. The number of hydrogen-bond donors (Lipinski definition) is 2. The van der Waals surface area contributed by atoms with E-state index >= 15 is 0 Å². The van der Waals surface area contributed by atoms with Crippen LogP contribution >= 0.6 is 15.9 Å². The summed E-state index contributed by atoms with van der Waals surface area (Å²) in [6.07, 6.45) is 0.